The fourth-order valence-electron chi connectivity index (χ4n) is 4.10. The van der Waals surface area contributed by atoms with Crippen LogP contribution in [0, 0.1) is 12.8 Å². The van der Waals surface area contributed by atoms with Gasteiger partial charge in [0.25, 0.3) is 10.0 Å². The second kappa shape index (κ2) is 14.0. The number of benzene rings is 3. The van der Waals surface area contributed by atoms with Crippen molar-refractivity contribution in [1.82, 2.24) is 10.2 Å². The normalized spacial score (nSPS) is 12.2. The number of carbonyl (C=O) groups excluding carboxylic acids is 2. The Hall–Kier alpha value is -3.07. The number of rotatable bonds is 12. The molecular formula is C30H35Cl2N3O4S. The molecule has 0 aromatic heterocycles. The fraction of sp³-hybridized carbons (Fsp3) is 0.333. The molecule has 3 rings (SSSR count). The predicted octanol–water partition coefficient (Wildman–Crippen LogP) is 6.08. The Morgan fingerprint density at radius 2 is 1.43 bits per heavy atom. The number of hydrogen-bond donors (Lipinski definition) is 1. The van der Waals surface area contributed by atoms with Crippen molar-refractivity contribution in [1.29, 1.82) is 0 Å². The van der Waals surface area contributed by atoms with E-state index >= 15 is 0 Å². The molecule has 0 bridgehead atoms. The Morgan fingerprint density at radius 1 is 0.875 bits per heavy atom. The summed E-state index contributed by atoms with van der Waals surface area (Å²) in [5.74, 6) is -0.580. The smallest absolute Gasteiger partial charge is 0.264 e. The highest BCUT2D eigenvalue weighted by atomic mass is 35.5. The Bertz CT molecular complexity index is 1390. The first-order valence-electron chi connectivity index (χ1n) is 13.1. The highest BCUT2D eigenvalue weighted by Crippen LogP contribution is 2.26. The first kappa shape index (κ1) is 31.5. The number of nitrogens with zero attached hydrogens (tertiary/aromatic N) is 2. The maximum absolute atomic E-state index is 14.0. The number of anilines is 1. The Balaban J connectivity index is 2.03. The van der Waals surface area contributed by atoms with Gasteiger partial charge in [-0.25, -0.2) is 8.42 Å². The highest BCUT2D eigenvalue weighted by Gasteiger charge is 2.33. The Kier molecular flexibility index (Phi) is 11.0. The minimum Gasteiger partial charge on any atom is -0.354 e. The second-order valence-electron chi connectivity index (χ2n) is 10.0. The minimum absolute atomic E-state index is 0.00348. The maximum atomic E-state index is 14.0. The zero-order valence-electron chi connectivity index (χ0n) is 23.1. The lowest BCUT2D eigenvalue weighted by Gasteiger charge is -2.33. The van der Waals surface area contributed by atoms with Crippen LogP contribution in [0.5, 0.6) is 0 Å². The number of sulfonamides is 1. The van der Waals surface area contributed by atoms with E-state index in [2.05, 4.69) is 5.32 Å². The summed E-state index contributed by atoms with van der Waals surface area (Å²) in [5, 5.41) is 3.85. The van der Waals surface area contributed by atoms with Gasteiger partial charge in [-0.2, -0.15) is 0 Å². The quantitative estimate of drug-likeness (QED) is 0.272. The zero-order chi connectivity index (χ0) is 29.4. The number of amides is 2. The van der Waals surface area contributed by atoms with Crippen LogP contribution in [0.4, 0.5) is 5.69 Å². The largest absolute Gasteiger partial charge is 0.354 e. The van der Waals surface area contributed by atoms with E-state index in [0.29, 0.717) is 28.7 Å². The second-order valence-corrected chi connectivity index (χ2v) is 12.7. The van der Waals surface area contributed by atoms with Crippen molar-refractivity contribution in [2.75, 3.05) is 17.4 Å². The summed E-state index contributed by atoms with van der Waals surface area (Å²) in [6.45, 7) is 7.74. The molecule has 1 atom stereocenters. The van der Waals surface area contributed by atoms with Crippen LogP contribution in [0.25, 0.3) is 0 Å². The molecule has 2 amide bonds. The number of nitrogens with one attached hydrogen (secondary N) is 1. The Morgan fingerprint density at radius 3 is 1.95 bits per heavy atom. The van der Waals surface area contributed by atoms with E-state index in [1.54, 1.807) is 48.5 Å². The average molecular weight is 605 g/mol. The van der Waals surface area contributed by atoms with E-state index in [1.165, 1.54) is 29.2 Å². The summed E-state index contributed by atoms with van der Waals surface area (Å²) in [7, 11) is -4.16. The standard InChI is InChI=1S/C30H35Cl2N3O4S/c1-5-28(30(37)33-18-21(2)3)34(19-23-8-10-24(31)11-9-23)29(36)20-35(26-14-6-22(4)7-15-26)40(38,39)27-16-12-25(32)13-17-27/h6-17,21,28H,5,18-20H2,1-4H3,(H,33,37). The van der Waals surface area contributed by atoms with Crippen LogP contribution in [0.15, 0.2) is 77.7 Å². The van der Waals surface area contributed by atoms with Crippen molar-refractivity contribution in [3.05, 3.63) is 94.0 Å². The minimum atomic E-state index is -4.16. The van der Waals surface area contributed by atoms with Crippen molar-refractivity contribution in [3.63, 3.8) is 0 Å². The SMILES string of the molecule is CCC(C(=O)NCC(C)C)N(Cc1ccc(Cl)cc1)C(=O)CN(c1ccc(C)cc1)S(=O)(=O)c1ccc(Cl)cc1. The molecule has 1 unspecified atom stereocenters. The third-order valence-electron chi connectivity index (χ3n) is 6.34. The first-order chi connectivity index (χ1) is 18.9. The van der Waals surface area contributed by atoms with Crippen LogP contribution in [-0.4, -0.2) is 44.3 Å². The molecule has 0 saturated carbocycles. The number of aryl methyl sites for hydroxylation is 1. The van der Waals surface area contributed by atoms with E-state index in [9.17, 15) is 18.0 Å². The van der Waals surface area contributed by atoms with Crippen LogP contribution < -0.4 is 9.62 Å². The fourth-order valence-corrected chi connectivity index (χ4v) is 5.77. The van der Waals surface area contributed by atoms with Crippen molar-refractivity contribution < 1.29 is 18.0 Å². The lowest BCUT2D eigenvalue weighted by Crippen LogP contribution is -2.52. The molecule has 40 heavy (non-hydrogen) atoms. The highest BCUT2D eigenvalue weighted by molar-refractivity contribution is 7.92. The molecule has 10 heteroatoms. The summed E-state index contributed by atoms with van der Waals surface area (Å²) in [6, 6.07) is 18.8. The monoisotopic (exact) mass is 603 g/mol. The van der Waals surface area contributed by atoms with Gasteiger partial charge in [-0.1, -0.05) is 73.8 Å². The Labute approximate surface area is 247 Å². The van der Waals surface area contributed by atoms with Gasteiger partial charge in [-0.15, -0.1) is 0 Å². The van der Waals surface area contributed by atoms with E-state index in [1.807, 2.05) is 27.7 Å². The zero-order valence-corrected chi connectivity index (χ0v) is 25.4. The summed E-state index contributed by atoms with van der Waals surface area (Å²) < 4.78 is 28.8. The van der Waals surface area contributed by atoms with Crippen molar-refractivity contribution in [3.8, 4) is 0 Å². The number of hydrogen-bond acceptors (Lipinski definition) is 4. The van der Waals surface area contributed by atoms with E-state index in [4.69, 9.17) is 23.2 Å². The van der Waals surface area contributed by atoms with Crippen molar-refractivity contribution in [2.45, 2.75) is 51.6 Å². The molecule has 7 nitrogen and oxygen atoms in total. The lowest BCUT2D eigenvalue weighted by molar-refractivity contribution is -0.140. The molecule has 3 aromatic rings. The summed E-state index contributed by atoms with van der Waals surface area (Å²) in [5.41, 5.74) is 2.03. The third-order valence-corrected chi connectivity index (χ3v) is 8.63. The molecule has 0 aliphatic rings. The first-order valence-corrected chi connectivity index (χ1v) is 15.3. The molecule has 1 N–H and O–H groups in total. The third kappa shape index (κ3) is 8.22. The van der Waals surface area contributed by atoms with Gasteiger partial charge in [0.15, 0.2) is 0 Å². The molecule has 0 saturated heterocycles. The van der Waals surface area contributed by atoms with E-state index in [0.717, 1.165) is 15.4 Å². The number of carbonyl (C=O) groups is 2. The van der Waals surface area contributed by atoms with Gasteiger partial charge in [0.2, 0.25) is 11.8 Å². The van der Waals surface area contributed by atoms with Gasteiger partial charge >= 0.3 is 0 Å². The van der Waals surface area contributed by atoms with Gasteiger partial charge in [-0.3, -0.25) is 13.9 Å². The maximum Gasteiger partial charge on any atom is 0.264 e. The molecule has 0 aliphatic heterocycles. The predicted molar refractivity (Wildman–Crippen MR) is 161 cm³/mol. The van der Waals surface area contributed by atoms with E-state index in [-0.39, 0.29) is 23.3 Å². The molecule has 0 aliphatic carbocycles. The summed E-state index contributed by atoms with van der Waals surface area (Å²) >= 11 is 12.1. The van der Waals surface area contributed by atoms with Crippen molar-refractivity contribution in [2.24, 2.45) is 5.92 Å². The molecular weight excluding hydrogens is 569 g/mol. The van der Waals surface area contributed by atoms with E-state index < -0.39 is 28.5 Å². The molecule has 0 spiro atoms. The van der Waals surface area contributed by atoms with Gasteiger partial charge in [0.1, 0.15) is 12.6 Å². The van der Waals surface area contributed by atoms with Gasteiger partial charge < -0.3 is 10.2 Å². The molecule has 3 aromatic carbocycles. The van der Waals surface area contributed by atoms with Crippen LogP contribution in [0.3, 0.4) is 0 Å². The molecule has 0 radical (unpaired) electrons. The number of halogens is 2. The molecule has 214 valence electrons. The van der Waals surface area contributed by atoms with Crippen LogP contribution >= 0.6 is 23.2 Å². The lowest BCUT2D eigenvalue weighted by atomic mass is 10.1. The van der Waals surface area contributed by atoms with Gasteiger partial charge in [-0.05, 0) is 73.4 Å². The summed E-state index contributed by atoms with van der Waals surface area (Å²) in [4.78, 5) is 28.7. The summed E-state index contributed by atoms with van der Waals surface area (Å²) in [6.07, 6.45) is 0.345. The van der Waals surface area contributed by atoms with Crippen molar-refractivity contribution >= 4 is 50.7 Å². The van der Waals surface area contributed by atoms with Crippen LogP contribution in [-0.2, 0) is 26.2 Å². The topological polar surface area (TPSA) is 86.8 Å². The average Bonchev–Trinajstić information content (AvgIpc) is 2.92. The molecule has 0 heterocycles. The van der Waals surface area contributed by atoms with Gasteiger partial charge in [0, 0.05) is 23.1 Å². The van der Waals surface area contributed by atoms with Crippen LogP contribution in [0.2, 0.25) is 10.0 Å². The van der Waals surface area contributed by atoms with Gasteiger partial charge in [0.05, 0.1) is 10.6 Å². The van der Waals surface area contributed by atoms with Crippen LogP contribution in [0.1, 0.15) is 38.3 Å². The molecule has 0 fully saturated rings.